The van der Waals surface area contributed by atoms with Crippen LogP contribution in [0.25, 0.3) is 10.2 Å². The topological polar surface area (TPSA) is 89.7 Å². The fraction of sp³-hybridized carbons (Fsp3) is 0.217. The van der Waals surface area contributed by atoms with Gasteiger partial charge < -0.3 is 9.15 Å². The third kappa shape index (κ3) is 4.53. The monoisotopic (exact) mass is 470 g/mol. The van der Waals surface area contributed by atoms with Crippen molar-refractivity contribution in [2.24, 2.45) is 0 Å². The molecule has 0 aliphatic carbocycles. The first-order valence-corrected chi connectivity index (χ1v) is 12.6. The lowest BCUT2D eigenvalue weighted by Gasteiger charge is -2.19. The van der Waals surface area contributed by atoms with E-state index >= 15 is 0 Å². The van der Waals surface area contributed by atoms with Gasteiger partial charge in [-0.15, -0.1) is 0 Å². The molecule has 1 amide bonds. The molecule has 0 radical (unpaired) electrons. The predicted octanol–water partition coefficient (Wildman–Crippen LogP) is 4.93. The maximum atomic E-state index is 13.5. The summed E-state index contributed by atoms with van der Waals surface area (Å²) in [6, 6.07) is 15.2. The van der Waals surface area contributed by atoms with Gasteiger partial charge in [0, 0.05) is 5.56 Å². The summed E-state index contributed by atoms with van der Waals surface area (Å²) in [5.41, 5.74) is 1.01. The summed E-state index contributed by atoms with van der Waals surface area (Å²) in [6.07, 6.45) is 1.54. The lowest BCUT2D eigenvalue weighted by Crippen LogP contribution is -2.30. The van der Waals surface area contributed by atoms with Gasteiger partial charge in [0.1, 0.15) is 11.5 Å². The van der Waals surface area contributed by atoms with E-state index in [1.54, 1.807) is 37.5 Å². The number of rotatable bonds is 8. The number of carbonyl (C=O) groups excluding carboxylic acids is 1. The Bertz CT molecular complexity index is 1340. The van der Waals surface area contributed by atoms with Gasteiger partial charge in [-0.3, -0.25) is 9.69 Å². The van der Waals surface area contributed by atoms with Crippen LogP contribution in [0.4, 0.5) is 5.13 Å². The molecule has 0 fully saturated rings. The van der Waals surface area contributed by atoms with Crippen LogP contribution in [0.5, 0.6) is 5.75 Å². The second-order valence-electron chi connectivity index (χ2n) is 6.96. The molecular formula is C23H22N2O5S2. The van der Waals surface area contributed by atoms with E-state index in [0.717, 1.165) is 16.0 Å². The molecule has 0 saturated heterocycles. The Morgan fingerprint density at radius 2 is 1.97 bits per heavy atom. The molecule has 0 unspecified atom stereocenters. The normalized spacial score (nSPS) is 11.6. The Labute approximate surface area is 190 Å². The Morgan fingerprint density at radius 3 is 2.69 bits per heavy atom. The van der Waals surface area contributed by atoms with Crippen LogP contribution < -0.4 is 9.64 Å². The van der Waals surface area contributed by atoms with Gasteiger partial charge in [-0.05, 0) is 55.5 Å². The van der Waals surface area contributed by atoms with Crippen LogP contribution in [0.2, 0.25) is 0 Å². The van der Waals surface area contributed by atoms with Crippen molar-refractivity contribution in [3.8, 4) is 5.75 Å². The summed E-state index contributed by atoms with van der Waals surface area (Å²) >= 11 is 1.36. The summed E-state index contributed by atoms with van der Waals surface area (Å²) in [7, 11) is -3.44. The average molecular weight is 471 g/mol. The second kappa shape index (κ2) is 9.13. The van der Waals surface area contributed by atoms with Crippen LogP contribution in [0.15, 0.2) is 70.2 Å². The first-order chi connectivity index (χ1) is 15.4. The summed E-state index contributed by atoms with van der Waals surface area (Å²) in [6.45, 7) is 4.20. The fourth-order valence-corrected chi connectivity index (χ4v) is 5.11. The highest BCUT2D eigenvalue weighted by Gasteiger charge is 2.24. The predicted molar refractivity (Wildman–Crippen MR) is 124 cm³/mol. The smallest absolute Gasteiger partial charge is 0.260 e. The number of aromatic nitrogens is 1. The van der Waals surface area contributed by atoms with E-state index in [4.69, 9.17) is 9.15 Å². The molecule has 0 spiro atoms. The van der Waals surface area contributed by atoms with Gasteiger partial charge in [-0.2, -0.15) is 0 Å². The van der Waals surface area contributed by atoms with Gasteiger partial charge in [-0.25, -0.2) is 13.4 Å². The summed E-state index contributed by atoms with van der Waals surface area (Å²) in [5, 5.41) is 0.485. The molecule has 2 aromatic heterocycles. The van der Waals surface area contributed by atoms with E-state index in [1.165, 1.54) is 28.4 Å². The second-order valence-corrected chi connectivity index (χ2v) is 10.2. The molecule has 7 nitrogen and oxygen atoms in total. The minimum atomic E-state index is -3.44. The van der Waals surface area contributed by atoms with Crippen LogP contribution in [0, 0.1) is 0 Å². The number of hydrogen-bond donors (Lipinski definition) is 0. The molecule has 0 saturated carbocycles. The van der Waals surface area contributed by atoms with Crippen molar-refractivity contribution < 1.29 is 22.4 Å². The lowest BCUT2D eigenvalue weighted by atomic mass is 10.2. The van der Waals surface area contributed by atoms with Gasteiger partial charge in [0.2, 0.25) is 0 Å². The molecule has 2 aromatic carbocycles. The Morgan fingerprint density at radius 1 is 1.12 bits per heavy atom. The summed E-state index contributed by atoms with van der Waals surface area (Å²) in [5.74, 6) is 0.918. The van der Waals surface area contributed by atoms with Crippen molar-refractivity contribution in [2.75, 3.05) is 17.3 Å². The minimum Gasteiger partial charge on any atom is -0.494 e. The van der Waals surface area contributed by atoms with E-state index in [9.17, 15) is 13.2 Å². The third-order valence-electron chi connectivity index (χ3n) is 4.85. The maximum Gasteiger partial charge on any atom is 0.260 e. The molecule has 166 valence electrons. The minimum absolute atomic E-state index is 0.0409. The van der Waals surface area contributed by atoms with Gasteiger partial charge in [0.05, 0.1) is 40.3 Å². The molecule has 0 aliphatic heterocycles. The zero-order valence-corrected chi connectivity index (χ0v) is 19.3. The number of carbonyl (C=O) groups is 1. The molecule has 0 bridgehead atoms. The van der Waals surface area contributed by atoms with Crippen molar-refractivity contribution in [3.05, 3.63) is 72.2 Å². The first kappa shape index (κ1) is 22.0. The number of nitrogens with zero attached hydrogens (tertiary/aromatic N) is 2. The van der Waals surface area contributed by atoms with E-state index in [1.807, 2.05) is 25.1 Å². The third-order valence-corrected chi connectivity index (χ3v) is 7.62. The number of amides is 1. The van der Waals surface area contributed by atoms with E-state index in [2.05, 4.69) is 4.98 Å². The van der Waals surface area contributed by atoms with Crippen molar-refractivity contribution in [1.29, 1.82) is 0 Å². The number of sulfone groups is 1. The molecule has 0 aliphatic rings. The molecule has 0 N–H and O–H groups in total. The number of furan rings is 1. The highest BCUT2D eigenvalue weighted by molar-refractivity contribution is 7.91. The number of ether oxygens (including phenoxy) is 1. The summed E-state index contributed by atoms with van der Waals surface area (Å²) in [4.78, 5) is 19.8. The summed E-state index contributed by atoms with van der Waals surface area (Å²) < 4.78 is 36.5. The van der Waals surface area contributed by atoms with Gasteiger partial charge >= 0.3 is 0 Å². The fourth-order valence-electron chi connectivity index (χ4n) is 3.19. The molecule has 32 heavy (non-hydrogen) atoms. The van der Waals surface area contributed by atoms with E-state index in [-0.39, 0.29) is 28.7 Å². The van der Waals surface area contributed by atoms with E-state index in [0.29, 0.717) is 17.5 Å². The standard InChI is InChI=1S/C23H22N2O5S2/c1-3-29-17-10-11-20-21(14-17)31-23(24-20)25(15-18-8-6-12-30-18)22(26)16-7-5-9-19(13-16)32(27,28)4-2/h5-14H,3-4,15H2,1-2H3. The first-order valence-electron chi connectivity index (χ1n) is 10.1. The van der Waals surface area contributed by atoms with Crippen LogP contribution in [0.3, 0.4) is 0 Å². The Balaban J connectivity index is 1.75. The van der Waals surface area contributed by atoms with Crippen LogP contribution in [0.1, 0.15) is 30.0 Å². The molecule has 0 atom stereocenters. The van der Waals surface area contributed by atoms with Crippen molar-refractivity contribution >= 4 is 42.4 Å². The van der Waals surface area contributed by atoms with Crippen LogP contribution >= 0.6 is 11.3 Å². The zero-order chi connectivity index (χ0) is 22.7. The molecular weight excluding hydrogens is 448 g/mol. The molecule has 4 aromatic rings. The van der Waals surface area contributed by atoms with Crippen LogP contribution in [-0.4, -0.2) is 31.7 Å². The van der Waals surface area contributed by atoms with Crippen molar-refractivity contribution in [3.63, 3.8) is 0 Å². The van der Waals surface area contributed by atoms with Crippen molar-refractivity contribution in [2.45, 2.75) is 25.3 Å². The number of anilines is 1. The SMILES string of the molecule is CCOc1ccc2nc(N(Cc3ccco3)C(=O)c3cccc(S(=O)(=O)CC)c3)sc2c1. The Kier molecular flexibility index (Phi) is 6.29. The van der Waals surface area contributed by atoms with Gasteiger partial charge in [0.15, 0.2) is 15.0 Å². The van der Waals surface area contributed by atoms with Crippen LogP contribution in [-0.2, 0) is 16.4 Å². The number of thiazole rings is 1. The van der Waals surface area contributed by atoms with Gasteiger partial charge in [0.25, 0.3) is 5.91 Å². The highest BCUT2D eigenvalue weighted by Crippen LogP contribution is 2.33. The van der Waals surface area contributed by atoms with Gasteiger partial charge in [-0.1, -0.05) is 24.3 Å². The van der Waals surface area contributed by atoms with Crippen molar-refractivity contribution in [1.82, 2.24) is 4.98 Å². The quantitative estimate of drug-likeness (QED) is 0.363. The highest BCUT2D eigenvalue weighted by atomic mass is 32.2. The largest absolute Gasteiger partial charge is 0.494 e. The Hall–Kier alpha value is -3.17. The lowest BCUT2D eigenvalue weighted by molar-refractivity contribution is 0.0983. The average Bonchev–Trinajstić information content (AvgIpc) is 3.46. The molecule has 9 heteroatoms. The molecule has 4 rings (SSSR count). The zero-order valence-electron chi connectivity index (χ0n) is 17.6. The number of benzene rings is 2. The maximum absolute atomic E-state index is 13.5. The van der Waals surface area contributed by atoms with E-state index < -0.39 is 9.84 Å². The number of fused-ring (bicyclic) bond motifs is 1. The molecule has 2 heterocycles. The number of hydrogen-bond acceptors (Lipinski definition) is 7.